The molecule has 32 heavy (non-hydrogen) atoms. The van der Waals surface area contributed by atoms with Gasteiger partial charge in [0, 0.05) is 10.7 Å². The van der Waals surface area contributed by atoms with Gasteiger partial charge in [-0.1, -0.05) is 29.3 Å². The Hall–Kier alpha value is -3.22. The number of amides is 1. The Bertz CT molecular complexity index is 1240. The second kappa shape index (κ2) is 8.37. The quantitative estimate of drug-likeness (QED) is 0.293. The summed E-state index contributed by atoms with van der Waals surface area (Å²) in [5, 5.41) is 11.6. The van der Waals surface area contributed by atoms with E-state index in [1.807, 2.05) is 19.9 Å². The van der Waals surface area contributed by atoms with E-state index in [0.717, 1.165) is 11.1 Å². The maximum Gasteiger partial charge on any atom is 0.300 e. The topological polar surface area (TPSA) is 80.0 Å². The molecule has 3 aromatic rings. The van der Waals surface area contributed by atoms with Gasteiger partial charge in [0.15, 0.2) is 0 Å². The normalized spacial score (nSPS) is 17.8. The Morgan fingerprint density at radius 2 is 1.78 bits per heavy atom. The summed E-state index contributed by atoms with van der Waals surface area (Å²) in [4.78, 5) is 27.7. The Morgan fingerprint density at radius 1 is 1.09 bits per heavy atom. The van der Waals surface area contributed by atoms with Crippen LogP contribution in [0.1, 0.15) is 28.5 Å². The predicted molar refractivity (Wildman–Crippen MR) is 122 cm³/mol. The Kier molecular flexibility index (Phi) is 5.75. The predicted octanol–water partition coefficient (Wildman–Crippen LogP) is 5.84. The number of hydrogen-bond donors (Lipinski definition) is 1. The maximum absolute atomic E-state index is 13.2. The minimum absolute atomic E-state index is 0.0972. The molecule has 1 N–H and O–H groups in total. The minimum Gasteiger partial charge on any atom is -0.507 e. The molecule has 1 fully saturated rings. The first kappa shape index (κ1) is 22.0. The first-order valence-corrected chi connectivity index (χ1v) is 10.4. The average Bonchev–Trinajstić information content (AvgIpc) is 3.33. The lowest BCUT2D eigenvalue weighted by atomic mass is 9.98. The van der Waals surface area contributed by atoms with E-state index >= 15 is 0 Å². The molecular formula is C24H19Cl2NO5. The molecule has 4 rings (SSSR count). The van der Waals surface area contributed by atoms with Crippen molar-refractivity contribution in [2.24, 2.45) is 0 Å². The van der Waals surface area contributed by atoms with Crippen molar-refractivity contribution >= 4 is 46.3 Å². The number of furan rings is 1. The minimum atomic E-state index is -0.992. The zero-order valence-corrected chi connectivity index (χ0v) is 19.0. The zero-order valence-electron chi connectivity index (χ0n) is 17.5. The van der Waals surface area contributed by atoms with Gasteiger partial charge in [-0.3, -0.25) is 14.5 Å². The molecule has 0 bridgehead atoms. The van der Waals surface area contributed by atoms with Gasteiger partial charge in [-0.2, -0.15) is 0 Å². The van der Waals surface area contributed by atoms with Crippen molar-refractivity contribution in [3.05, 3.63) is 86.8 Å². The van der Waals surface area contributed by atoms with Crippen molar-refractivity contribution in [3.63, 3.8) is 0 Å². The van der Waals surface area contributed by atoms with Crippen molar-refractivity contribution in [2.45, 2.75) is 19.9 Å². The third-order valence-corrected chi connectivity index (χ3v) is 5.71. The molecule has 164 valence electrons. The third kappa shape index (κ3) is 3.66. The van der Waals surface area contributed by atoms with Gasteiger partial charge in [-0.15, -0.1) is 0 Å². The number of aliphatic hydroxyl groups excluding tert-OH is 1. The van der Waals surface area contributed by atoms with E-state index in [1.54, 1.807) is 24.3 Å². The van der Waals surface area contributed by atoms with E-state index in [9.17, 15) is 14.7 Å². The monoisotopic (exact) mass is 471 g/mol. The van der Waals surface area contributed by atoms with Crippen LogP contribution in [0.4, 0.5) is 5.69 Å². The molecule has 0 spiro atoms. The van der Waals surface area contributed by atoms with Gasteiger partial charge >= 0.3 is 0 Å². The Morgan fingerprint density at radius 3 is 2.38 bits per heavy atom. The second-order valence-corrected chi connectivity index (χ2v) is 8.34. The van der Waals surface area contributed by atoms with E-state index in [-0.39, 0.29) is 26.9 Å². The van der Waals surface area contributed by atoms with Crippen molar-refractivity contribution in [3.8, 4) is 5.75 Å². The van der Waals surface area contributed by atoms with E-state index < -0.39 is 23.5 Å². The molecule has 0 aliphatic carbocycles. The molecule has 1 aliphatic rings. The average molecular weight is 472 g/mol. The van der Waals surface area contributed by atoms with Crippen molar-refractivity contribution < 1.29 is 23.8 Å². The van der Waals surface area contributed by atoms with Gasteiger partial charge in [0.1, 0.15) is 23.3 Å². The number of aryl methyl sites for hydroxylation is 2. The first-order chi connectivity index (χ1) is 15.2. The number of nitrogens with zero attached hydrogens (tertiary/aromatic N) is 1. The van der Waals surface area contributed by atoms with Crippen molar-refractivity contribution in [2.75, 3.05) is 12.0 Å². The van der Waals surface area contributed by atoms with Crippen LogP contribution in [0.2, 0.25) is 10.0 Å². The summed E-state index contributed by atoms with van der Waals surface area (Å²) in [6.07, 6.45) is 1.44. The highest BCUT2D eigenvalue weighted by atomic mass is 35.5. The molecular weight excluding hydrogens is 453 g/mol. The van der Waals surface area contributed by atoms with Gasteiger partial charge < -0.3 is 14.3 Å². The molecule has 1 unspecified atom stereocenters. The third-order valence-electron chi connectivity index (χ3n) is 5.21. The maximum atomic E-state index is 13.2. The number of benzene rings is 2. The fourth-order valence-corrected chi connectivity index (χ4v) is 4.56. The van der Waals surface area contributed by atoms with Gasteiger partial charge in [-0.25, -0.2) is 0 Å². The summed E-state index contributed by atoms with van der Waals surface area (Å²) >= 11 is 12.4. The van der Waals surface area contributed by atoms with Crippen LogP contribution in [0.25, 0.3) is 5.76 Å². The van der Waals surface area contributed by atoms with Crippen LogP contribution in [0.15, 0.2) is 58.7 Å². The van der Waals surface area contributed by atoms with Crippen LogP contribution in [0.5, 0.6) is 5.75 Å². The first-order valence-electron chi connectivity index (χ1n) is 9.69. The Labute approximate surface area is 194 Å². The Balaban J connectivity index is 2.00. The number of ether oxygens (including phenoxy) is 1. The number of hydrogen-bond acceptors (Lipinski definition) is 5. The molecule has 0 saturated carbocycles. The van der Waals surface area contributed by atoms with Crippen LogP contribution in [0.3, 0.4) is 0 Å². The molecule has 1 atom stereocenters. The van der Waals surface area contributed by atoms with E-state index in [0.29, 0.717) is 11.4 Å². The molecule has 1 amide bonds. The van der Waals surface area contributed by atoms with Crippen LogP contribution < -0.4 is 9.64 Å². The standard InChI is InChI=1S/C24H19Cl2NO5/c1-12-7-13(2)9-15(8-12)27-20(18-5-4-6-32-18)19(22(29)24(27)30)21(28)16-10-14(25)11-17(26)23(16)31-3/h4-11,20,28H,1-3H3/b21-19-. The molecule has 1 aromatic heterocycles. The number of carbonyl (C=O) groups excluding carboxylic acids is 2. The highest BCUT2D eigenvalue weighted by Gasteiger charge is 2.48. The molecule has 0 radical (unpaired) electrons. The fourth-order valence-electron chi connectivity index (χ4n) is 3.99. The summed E-state index contributed by atoms with van der Waals surface area (Å²) in [6, 6.07) is 10.7. The molecule has 2 heterocycles. The highest BCUT2D eigenvalue weighted by Crippen LogP contribution is 2.45. The lowest BCUT2D eigenvalue weighted by Crippen LogP contribution is -2.29. The van der Waals surface area contributed by atoms with Gasteiger partial charge in [0.05, 0.1) is 29.5 Å². The zero-order chi connectivity index (χ0) is 23.2. The van der Waals surface area contributed by atoms with Gasteiger partial charge in [0.2, 0.25) is 0 Å². The number of ketones is 1. The van der Waals surface area contributed by atoms with Crippen LogP contribution in [-0.4, -0.2) is 23.9 Å². The summed E-state index contributed by atoms with van der Waals surface area (Å²) in [6.45, 7) is 3.79. The summed E-state index contributed by atoms with van der Waals surface area (Å²) in [5.74, 6) is -1.66. The van der Waals surface area contributed by atoms with E-state index in [1.165, 1.54) is 30.4 Å². The van der Waals surface area contributed by atoms with Gasteiger partial charge in [-0.05, 0) is 61.4 Å². The molecule has 8 heteroatoms. The number of methoxy groups -OCH3 is 1. The second-order valence-electron chi connectivity index (χ2n) is 7.50. The summed E-state index contributed by atoms with van der Waals surface area (Å²) in [5.41, 5.74) is 2.30. The van der Waals surface area contributed by atoms with E-state index in [2.05, 4.69) is 0 Å². The van der Waals surface area contributed by atoms with Gasteiger partial charge in [0.25, 0.3) is 11.7 Å². The number of halogens is 2. The van der Waals surface area contributed by atoms with Crippen LogP contribution in [-0.2, 0) is 9.59 Å². The highest BCUT2D eigenvalue weighted by molar-refractivity contribution is 6.51. The smallest absolute Gasteiger partial charge is 0.300 e. The van der Waals surface area contributed by atoms with Crippen LogP contribution >= 0.6 is 23.2 Å². The number of aliphatic hydroxyl groups is 1. The van der Waals surface area contributed by atoms with Crippen molar-refractivity contribution in [1.82, 2.24) is 0 Å². The molecule has 2 aromatic carbocycles. The summed E-state index contributed by atoms with van der Waals surface area (Å²) in [7, 11) is 1.38. The number of carbonyl (C=O) groups is 2. The van der Waals surface area contributed by atoms with Crippen LogP contribution in [0, 0.1) is 13.8 Å². The molecule has 6 nitrogen and oxygen atoms in total. The number of rotatable bonds is 4. The van der Waals surface area contributed by atoms with Crippen molar-refractivity contribution in [1.29, 1.82) is 0 Å². The largest absolute Gasteiger partial charge is 0.507 e. The SMILES string of the molecule is COc1c(Cl)cc(Cl)cc1/C(O)=C1/C(=O)C(=O)N(c2cc(C)cc(C)c2)C1c1ccco1. The lowest BCUT2D eigenvalue weighted by molar-refractivity contribution is -0.132. The number of Topliss-reactive ketones (excluding diaryl/α,β-unsaturated/α-hetero) is 1. The number of anilines is 1. The summed E-state index contributed by atoms with van der Waals surface area (Å²) < 4.78 is 10.9. The fraction of sp³-hybridized carbons (Fsp3) is 0.167. The molecule has 1 saturated heterocycles. The lowest BCUT2D eigenvalue weighted by Gasteiger charge is -2.24. The van der Waals surface area contributed by atoms with E-state index in [4.69, 9.17) is 32.4 Å². The molecule has 1 aliphatic heterocycles.